The lowest BCUT2D eigenvalue weighted by molar-refractivity contribution is 0.111. The molecule has 0 radical (unpaired) electrons. The van der Waals surface area contributed by atoms with Crippen LogP contribution in [0.25, 0.3) is 0 Å². The molecule has 2 heterocycles. The first kappa shape index (κ1) is 12.0. The monoisotopic (exact) mass is 248 g/mol. The molecule has 0 amide bonds. The van der Waals surface area contributed by atoms with E-state index in [4.69, 9.17) is 9.47 Å². The Bertz CT molecular complexity index is 553. The Morgan fingerprint density at radius 2 is 2.22 bits per heavy atom. The van der Waals surface area contributed by atoms with Crippen molar-refractivity contribution in [2.45, 2.75) is 6.54 Å². The van der Waals surface area contributed by atoms with Gasteiger partial charge in [0, 0.05) is 12.3 Å². The minimum absolute atomic E-state index is 0.275. The number of hydrogen-bond acceptors (Lipinski definition) is 6. The van der Waals surface area contributed by atoms with Crippen LogP contribution in [0.2, 0.25) is 0 Å². The minimum Gasteiger partial charge on any atom is -0.493 e. The summed E-state index contributed by atoms with van der Waals surface area (Å²) < 4.78 is 11.9. The first-order valence-corrected chi connectivity index (χ1v) is 5.19. The second kappa shape index (κ2) is 5.26. The fourth-order valence-corrected chi connectivity index (χ4v) is 1.56. The SMILES string of the molecule is COc1ccnc(Cn2cc(C=O)nn2)c1OC. The average molecular weight is 248 g/mol. The van der Waals surface area contributed by atoms with Crippen LogP contribution < -0.4 is 9.47 Å². The lowest BCUT2D eigenvalue weighted by atomic mass is 10.3. The molecule has 94 valence electrons. The fraction of sp³-hybridized carbons (Fsp3) is 0.273. The molecule has 0 aliphatic rings. The summed E-state index contributed by atoms with van der Waals surface area (Å²) >= 11 is 0. The van der Waals surface area contributed by atoms with Crippen LogP contribution in [0.1, 0.15) is 16.2 Å². The normalized spacial score (nSPS) is 10.1. The van der Waals surface area contributed by atoms with Crippen LogP contribution in [-0.4, -0.2) is 40.5 Å². The fourth-order valence-electron chi connectivity index (χ4n) is 1.56. The third-order valence-corrected chi connectivity index (χ3v) is 2.36. The van der Waals surface area contributed by atoms with Crippen molar-refractivity contribution in [2.24, 2.45) is 0 Å². The number of hydrogen-bond donors (Lipinski definition) is 0. The van der Waals surface area contributed by atoms with Crippen LogP contribution >= 0.6 is 0 Å². The van der Waals surface area contributed by atoms with E-state index < -0.39 is 0 Å². The molecule has 0 spiro atoms. The molecule has 2 aromatic rings. The number of carbonyl (C=O) groups excluding carboxylic acids is 1. The summed E-state index contributed by atoms with van der Waals surface area (Å²) in [5.74, 6) is 1.14. The van der Waals surface area contributed by atoms with Crippen molar-refractivity contribution in [3.63, 3.8) is 0 Å². The molecule has 0 aliphatic heterocycles. The molecule has 18 heavy (non-hydrogen) atoms. The predicted octanol–water partition coefficient (Wildman–Crippen LogP) is 0.551. The van der Waals surface area contributed by atoms with Crippen molar-refractivity contribution in [3.05, 3.63) is 29.8 Å². The van der Waals surface area contributed by atoms with Gasteiger partial charge in [-0.3, -0.25) is 9.78 Å². The summed E-state index contributed by atoms with van der Waals surface area (Å²) in [6, 6.07) is 1.71. The molecule has 0 bridgehead atoms. The zero-order chi connectivity index (χ0) is 13.0. The molecule has 0 aromatic carbocycles. The number of aromatic nitrogens is 4. The quantitative estimate of drug-likeness (QED) is 0.719. The Morgan fingerprint density at radius 3 is 2.83 bits per heavy atom. The number of ether oxygens (including phenoxy) is 2. The van der Waals surface area contributed by atoms with Gasteiger partial charge >= 0.3 is 0 Å². The van der Waals surface area contributed by atoms with Crippen molar-refractivity contribution in [3.8, 4) is 11.5 Å². The van der Waals surface area contributed by atoms with E-state index in [1.807, 2.05) is 0 Å². The van der Waals surface area contributed by atoms with Crippen LogP contribution in [0.4, 0.5) is 0 Å². The van der Waals surface area contributed by atoms with Gasteiger partial charge in [-0.05, 0) is 0 Å². The van der Waals surface area contributed by atoms with Gasteiger partial charge in [0.15, 0.2) is 17.8 Å². The molecule has 0 aliphatic carbocycles. The summed E-state index contributed by atoms with van der Waals surface area (Å²) in [7, 11) is 3.10. The van der Waals surface area contributed by atoms with Crippen molar-refractivity contribution >= 4 is 6.29 Å². The predicted molar refractivity (Wildman–Crippen MR) is 61.9 cm³/mol. The molecule has 2 aromatic heterocycles. The highest BCUT2D eigenvalue weighted by Crippen LogP contribution is 2.29. The number of rotatable bonds is 5. The van der Waals surface area contributed by atoms with Gasteiger partial charge in [0.05, 0.1) is 27.0 Å². The molecule has 0 saturated carbocycles. The first-order chi connectivity index (χ1) is 8.78. The van der Waals surface area contributed by atoms with E-state index in [0.29, 0.717) is 30.0 Å². The molecule has 0 N–H and O–H groups in total. The van der Waals surface area contributed by atoms with Crippen LogP contribution in [-0.2, 0) is 6.54 Å². The summed E-state index contributed by atoms with van der Waals surface area (Å²) in [4.78, 5) is 14.7. The van der Waals surface area contributed by atoms with E-state index >= 15 is 0 Å². The van der Waals surface area contributed by atoms with Gasteiger partial charge in [-0.15, -0.1) is 5.10 Å². The van der Waals surface area contributed by atoms with Gasteiger partial charge < -0.3 is 9.47 Å². The molecule has 7 heteroatoms. The van der Waals surface area contributed by atoms with Crippen molar-refractivity contribution in [1.29, 1.82) is 0 Å². The van der Waals surface area contributed by atoms with E-state index in [-0.39, 0.29) is 5.69 Å². The van der Waals surface area contributed by atoms with Gasteiger partial charge in [-0.25, -0.2) is 4.68 Å². The lowest BCUT2D eigenvalue weighted by Gasteiger charge is -2.10. The van der Waals surface area contributed by atoms with Crippen molar-refractivity contribution < 1.29 is 14.3 Å². The topological polar surface area (TPSA) is 79.1 Å². The summed E-state index contributed by atoms with van der Waals surface area (Å²) in [5, 5.41) is 7.49. The first-order valence-electron chi connectivity index (χ1n) is 5.19. The second-order valence-corrected chi connectivity index (χ2v) is 3.45. The van der Waals surface area contributed by atoms with E-state index in [2.05, 4.69) is 15.3 Å². The zero-order valence-electron chi connectivity index (χ0n) is 10.0. The van der Waals surface area contributed by atoms with Crippen LogP contribution in [0.5, 0.6) is 11.5 Å². The molecule has 7 nitrogen and oxygen atoms in total. The third-order valence-electron chi connectivity index (χ3n) is 2.36. The van der Waals surface area contributed by atoms with Crippen LogP contribution in [0.3, 0.4) is 0 Å². The average Bonchev–Trinajstić information content (AvgIpc) is 2.86. The molecule has 0 atom stereocenters. The minimum atomic E-state index is 0.275. The molecule has 0 unspecified atom stereocenters. The Labute approximate surface area is 103 Å². The Hall–Kier alpha value is -2.44. The van der Waals surface area contributed by atoms with Crippen molar-refractivity contribution in [1.82, 2.24) is 20.0 Å². The molecule has 0 saturated heterocycles. The van der Waals surface area contributed by atoms with E-state index in [1.54, 1.807) is 26.5 Å². The number of methoxy groups -OCH3 is 2. The largest absolute Gasteiger partial charge is 0.493 e. The van der Waals surface area contributed by atoms with Crippen LogP contribution in [0.15, 0.2) is 18.5 Å². The zero-order valence-corrected chi connectivity index (χ0v) is 10.0. The Kier molecular flexibility index (Phi) is 3.52. The number of nitrogens with zero attached hydrogens (tertiary/aromatic N) is 4. The third kappa shape index (κ3) is 2.29. The highest BCUT2D eigenvalue weighted by Gasteiger charge is 2.12. The molecule has 0 fully saturated rings. The summed E-state index contributed by atoms with van der Waals surface area (Å²) in [6.07, 6.45) is 3.79. The standard InChI is InChI=1S/C11H12N4O3/c1-17-10-3-4-12-9(11(10)18-2)6-15-5-8(7-16)13-14-15/h3-5,7H,6H2,1-2H3. The van der Waals surface area contributed by atoms with Gasteiger partial charge in [0.2, 0.25) is 0 Å². The Morgan fingerprint density at radius 1 is 1.39 bits per heavy atom. The van der Waals surface area contributed by atoms with Gasteiger partial charge in [-0.2, -0.15) is 0 Å². The number of aldehydes is 1. The van der Waals surface area contributed by atoms with Gasteiger partial charge in [-0.1, -0.05) is 5.21 Å². The maximum absolute atomic E-state index is 10.5. The second-order valence-electron chi connectivity index (χ2n) is 3.45. The number of pyridine rings is 1. The van der Waals surface area contributed by atoms with E-state index in [9.17, 15) is 4.79 Å². The summed E-state index contributed by atoms with van der Waals surface area (Å²) in [5.41, 5.74) is 0.927. The molecular formula is C11H12N4O3. The Balaban J connectivity index is 2.30. The highest BCUT2D eigenvalue weighted by molar-refractivity contribution is 5.70. The molecule has 2 rings (SSSR count). The maximum Gasteiger partial charge on any atom is 0.184 e. The van der Waals surface area contributed by atoms with Gasteiger partial charge in [0.25, 0.3) is 0 Å². The van der Waals surface area contributed by atoms with E-state index in [0.717, 1.165) is 0 Å². The van der Waals surface area contributed by atoms with Crippen molar-refractivity contribution in [2.75, 3.05) is 14.2 Å². The maximum atomic E-state index is 10.5. The highest BCUT2D eigenvalue weighted by atomic mass is 16.5. The summed E-state index contributed by atoms with van der Waals surface area (Å²) in [6.45, 7) is 0.348. The smallest absolute Gasteiger partial charge is 0.184 e. The van der Waals surface area contributed by atoms with Crippen LogP contribution in [0, 0.1) is 0 Å². The van der Waals surface area contributed by atoms with Gasteiger partial charge in [0.1, 0.15) is 11.4 Å². The van der Waals surface area contributed by atoms with E-state index in [1.165, 1.54) is 10.9 Å². The number of carbonyl (C=O) groups is 1. The molecular weight excluding hydrogens is 236 g/mol. The lowest BCUT2D eigenvalue weighted by Crippen LogP contribution is -2.05.